The van der Waals surface area contributed by atoms with E-state index in [2.05, 4.69) is 33.0 Å². The van der Waals surface area contributed by atoms with Gasteiger partial charge < -0.3 is 9.74 Å². The van der Waals surface area contributed by atoms with Crippen molar-refractivity contribution in [2.75, 3.05) is 20.1 Å². The zero-order valence-electron chi connectivity index (χ0n) is 7.22. The van der Waals surface area contributed by atoms with Crippen LogP contribution in [-0.2, 0) is 4.84 Å². The first kappa shape index (κ1) is 8.51. The van der Waals surface area contributed by atoms with Crippen LogP contribution in [0.2, 0.25) is 0 Å². The Morgan fingerprint density at radius 3 is 3.08 bits per heavy atom. The second kappa shape index (κ2) is 3.00. The number of hydrogen-bond donors (Lipinski definition) is 0. The molecule has 1 unspecified atom stereocenters. The quantitative estimate of drug-likeness (QED) is 0.634. The van der Waals surface area contributed by atoms with Gasteiger partial charge in [0.15, 0.2) is 5.60 Å². The summed E-state index contributed by atoms with van der Waals surface area (Å²) in [7, 11) is 2.14. The van der Waals surface area contributed by atoms with Crippen LogP contribution in [0.5, 0.6) is 0 Å². The summed E-state index contributed by atoms with van der Waals surface area (Å²) in [5, 5.41) is 3.95. The fourth-order valence-electron chi connectivity index (χ4n) is 2.02. The molecule has 0 amide bonds. The first-order valence-electron chi connectivity index (χ1n) is 4.29. The highest BCUT2D eigenvalue weighted by Crippen LogP contribution is 2.33. The predicted molar refractivity (Wildman–Crippen MR) is 51.5 cm³/mol. The molecule has 4 heteroatoms. The van der Waals surface area contributed by atoms with E-state index >= 15 is 0 Å². The van der Waals surface area contributed by atoms with Crippen molar-refractivity contribution in [3.8, 4) is 0 Å². The second-order valence-corrected chi connectivity index (χ2v) is 4.68. The Labute approximate surface area is 80.9 Å². The van der Waals surface area contributed by atoms with E-state index in [0.29, 0.717) is 0 Å². The predicted octanol–water partition coefficient (Wildman–Crippen LogP) is 1.58. The highest BCUT2D eigenvalue weighted by molar-refractivity contribution is 9.18. The molecule has 0 bridgehead atoms. The summed E-state index contributed by atoms with van der Waals surface area (Å²) in [6.07, 6.45) is 3.29. The first-order chi connectivity index (χ1) is 5.70. The molecule has 2 aliphatic rings. The SMILES string of the molecule is CN1CCCC2(CC(Br)=NO2)C1. The third kappa shape index (κ3) is 1.50. The van der Waals surface area contributed by atoms with E-state index < -0.39 is 0 Å². The van der Waals surface area contributed by atoms with Crippen LogP contribution < -0.4 is 0 Å². The average molecular weight is 233 g/mol. The van der Waals surface area contributed by atoms with Crippen LogP contribution in [0.15, 0.2) is 5.16 Å². The Morgan fingerprint density at radius 1 is 1.67 bits per heavy atom. The number of hydrogen-bond acceptors (Lipinski definition) is 3. The van der Waals surface area contributed by atoms with Gasteiger partial charge in [-0.25, -0.2) is 0 Å². The fraction of sp³-hybridized carbons (Fsp3) is 0.875. The molecule has 12 heavy (non-hydrogen) atoms. The third-order valence-electron chi connectivity index (χ3n) is 2.54. The maximum atomic E-state index is 5.46. The second-order valence-electron chi connectivity index (χ2n) is 3.76. The van der Waals surface area contributed by atoms with Crippen molar-refractivity contribution in [2.24, 2.45) is 5.16 Å². The summed E-state index contributed by atoms with van der Waals surface area (Å²) >= 11 is 3.38. The number of rotatable bonds is 0. The Hall–Kier alpha value is -0.0900. The number of nitrogens with zero attached hydrogens (tertiary/aromatic N) is 2. The molecule has 0 radical (unpaired) electrons. The van der Waals surface area contributed by atoms with Gasteiger partial charge in [-0.15, -0.1) is 0 Å². The molecule has 0 saturated carbocycles. The summed E-state index contributed by atoms with van der Waals surface area (Å²) < 4.78 is 0.956. The largest absolute Gasteiger partial charge is 0.387 e. The van der Waals surface area contributed by atoms with Crippen molar-refractivity contribution in [3.05, 3.63) is 0 Å². The molecule has 1 atom stereocenters. The lowest BCUT2D eigenvalue weighted by molar-refractivity contribution is -0.0631. The highest BCUT2D eigenvalue weighted by Gasteiger charge is 2.41. The van der Waals surface area contributed by atoms with E-state index in [1.807, 2.05) is 0 Å². The molecule has 3 nitrogen and oxygen atoms in total. The van der Waals surface area contributed by atoms with Crippen molar-refractivity contribution in [2.45, 2.75) is 24.9 Å². The van der Waals surface area contributed by atoms with E-state index in [4.69, 9.17) is 4.84 Å². The topological polar surface area (TPSA) is 24.8 Å². The van der Waals surface area contributed by atoms with Gasteiger partial charge >= 0.3 is 0 Å². The van der Waals surface area contributed by atoms with E-state index in [1.165, 1.54) is 13.0 Å². The van der Waals surface area contributed by atoms with Gasteiger partial charge in [0.25, 0.3) is 0 Å². The maximum Gasteiger partial charge on any atom is 0.156 e. The Balaban J connectivity index is 2.03. The molecule has 2 heterocycles. The molecule has 1 spiro atoms. The van der Waals surface area contributed by atoms with Gasteiger partial charge in [-0.3, -0.25) is 0 Å². The monoisotopic (exact) mass is 232 g/mol. The van der Waals surface area contributed by atoms with Crippen molar-refractivity contribution in [1.82, 2.24) is 4.90 Å². The molecule has 2 rings (SSSR count). The molecule has 0 aromatic carbocycles. The zero-order valence-corrected chi connectivity index (χ0v) is 8.80. The summed E-state index contributed by atoms with van der Waals surface area (Å²) in [4.78, 5) is 7.77. The van der Waals surface area contributed by atoms with Gasteiger partial charge in [0, 0.05) is 13.0 Å². The highest BCUT2D eigenvalue weighted by atomic mass is 79.9. The van der Waals surface area contributed by atoms with Crippen LogP contribution in [-0.4, -0.2) is 35.3 Å². The lowest BCUT2D eigenvalue weighted by atomic mass is 9.91. The van der Waals surface area contributed by atoms with Crippen LogP contribution in [0, 0.1) is 0 Å². The number of likely N-dealkylation sites (tertiary alicyclic amines) is 1. The van der Waals surface area contributed by atoms with E-state index in [0.717, 1.165) is 24.0 Å². The van der Waals surface area contributed by atoms with Crippen molar-refractivity contribution in [1.29, 1.82) is 0 Å². The minimum atomic E-state index is -0.00810. The average Bonchev–Trinajstić information content (AvgIpc) is 2.32. The van der Waals surface area contributed by atoms with Crippen LogP contribution in [0.1, 0.15) is 19.3 Å². The number of piperidine rings is 1. The number of oxime groups is 1. The molecule has 0 aliphatic carbocycles. The van der Waals surface area contributed by atoms with E-state index in [1.54, 1.807) is 0 Å². The molecule has 68 valence electrons. The van der Waals surface area contributed by atoms with Crippen LogP contribution in [0.4, 0.5) is 0 Å². The molecular weight excluding hydrogens is 220 g/mol. The fourth-order valence-corrected chi connectivity index (χ4v) is 2.60. The minimum absolute atomic E-state index is 0.00810. The number of likely N-dealkylation sites (N-methyl/N-ethyl adjacent to an activating group) is 1. The Bertz CT molecular complexity index is 219. The van der Waals surface area contributed by atoms with Gasteiger partial charge in [0.1, 0.15) is 4.62 Å². The van der Waals surface area contributed by atoms with Crippen molar-refractivity contribution >= 4 is 20.6 Å². The van der Waals surface area contributed by atoms with Crippen LogP contribution in [0.3, 0.4) is 0 Å². The molecule has 0 aromatic heterocycles. The van der Waals surface area contributed by atoms with E-state index in [-0.39, 0.29) is 5.60 Å². The lowest BCUT2D eigenvalue weighted by Gasteiger charge is -2.35. The van der Waals surface area contributed by atoms with Gasteiger partial charge in [0.05, 0.1) is 0 Å². The van der Waals surface area contributed by atoms with Crippen molar-refractivity contribution in [3.63, 3.8) is 0 Å². The lowest BCUT2D eigenvalue weighted by Crippen LogP contribution is -2.46. The molecule has 2 aliphatic heterocycles. The third-order valence-corrected chi connectivity index (χ3v) is 2.96. The normalized spacial score (nSPS) is 36.7. The van der Waals surface area contributed by atoms with E-state index in [9.17, 15) is 0 Å². The Morgan fingerprint density at radius 2 is 2.50 bits per heavy atom. The van der Waals surface area contributed by atoms with Gasteiger partial charge in [0.2, 0.25) is 0 Å². The minimum Gasteiger partial charge on any atom is -0.387 e. The molecule has 1 saturated heterocycles. The standard InChI is InChI=1S/C8H13BrN2O/c1-11-4-2-3-8(6-11)5-7(9)10-12-8/h2-6H2,1H3. The van der Waals surface area contributed by atoms with Crippen LogP contribution in [0.25, 0.3) is 0 Å². The summed E-state index contributed by atoms with van der Waals surface area (Å²) in [5.74, 6) is 0. The van der Waals surface area contributed by atoms with Gasteiger partial charge in [-0.1, -0.05) is 5.16 Å². The Kier molecular flexibility index (Phi) is 2.12. The molecule has 0 aromatic rings. The number of halogens is 1. The summed E-state index contributed by atoms with van der Waals surface area (Å²) in [6.45, 7) is 2.19. The maximum absolute atomic E-state index is 5.46. The summed E-state index contributed by atoms with van der Waals surface area (Å²) in [5.41, 5.74) is -0.00810. The molecular formula is C8H13BrN2O. The smallest absolute Gasteiger partial charge is 0.156 e. The zero-order chi connectivity index (χ0) is 8.60. The van der Waals surface area contributed by atoms with Gasteiger partial charge in [-0.2, -0.15) is 0 Å². The first-order valence-corrected chi connectivity index (χ1v) is 5.09. The van der Waals surface area contributed by atoms with Gasteiger partial charge in [-0.05, 0) is 42.4 Å². The molecule has 0 N–H and O–H groups in total. The van der Waals surface area contributed by atoms with Crippen molar-refractivity contribution < 1.29 is 4.84 Å². The van der Waals surface area contributed by atoms with Crippen LogP contribution >= 0.6 is 15.9 Å². The molecule has 1 fully saturated rings. The summed E-state index contributed by atoms with van der Waals surface area (Å²) in [6, 6.07) is 0.